The zero-order valence-corrected chi connectivity index (χ0v) is 35.0. The predicted octanol–water partition coefficient (Wildman–Crippen LogP) is 13.0. The van der Waals surface area contributed by atoms with Crippen LogP contribution >= 0.6 is 0 Å². The summed E-state index contributed by atoms with van der Waals surface area (Å²) in [7, 11) is 0. The lowest BCUT2D eigenvalue weighted by atomic mass is 10.0. The highest BCUT2D eigenvalue weighted by atomic mass is 16.5. The molecule has 0 bridgehead atoms. The molecule has 0 radical (unpaired) electrons. The Balaban J connectivity index is 4.56. The van der Waals surface area contributed by atoms with E-state index in [9.17, 15) is 19.8 Å². The molecule has 0 aromatic carbocycles. The number of aliphatic hydroxyl groups is 2. The van der Waals surface area contributed by atoms with Crippen molar-refractivity contribution < 1.29 is 24.5 Å². The van der Waals surface area contributed by atoms with E-state index in [4.69, 9.17) is 4.74 Å². The number of nitrogens with one attached hydrogen (secondary N) is 1. The lowest BCUT2D eigenvalue weighted by Gasteiger charge is -2.24. The summed E-state index contributed by atoms with van der Waals surface area (Å²) in [6.45, 7) is 6.45. The van der Waals surface area contributed by atoms with Gasteiger partial charge in [-0.25, -0.2) is 0 Å². The number of ether oxygens (including phenoxy) is 1. The Morgan fingerprint density at radius 3 is 1.37 bits per heavy atom. The molecule has 308 valence electrons. The molecule has 0 aliphatic carbocycles. The average molecular weight is 736 g/mol. The first kappa shape index (κ1) is 50.6. The van der Waals surface area contributed by atoms with E-state index in [0.717, 1.165) is 51.4 Å². The minimum atomic E-state index is -0.781. The van der Waals surface area contributed by atoms with Gasteiger partial charge in [-0.1, -0.05) is 193 Å². The molecule has 3 N–H and O–H groups in total. The number of hydrogen-bond donors (Lipinski definition) is 3. The smallest absolute Gasteiger partial charge is 0.306 e. The molecule has 3 atom stereocenters. The normalized spacial score (nSPS) is 13.4. The third kappa shape index (κ3) is 35.6. The van der Waals surface area contributed by atoms with Gasteiger partial charge in [0.1, 0.15) is 6.10 Å². The maximum atomic E-state index is 13.1. The summed E-state index contributed by atoms with van der Waals surface area (Å²) in [6.07, 6.45) is 42.7. The van der Waals surface area contributed by atoms with Gasteiger partial charge in [0.25, 0.3) is 0 Å². The highest BCUT2D eigenvalue weighted by Crippen LogP contribution is 2.18. The van der Waals surface area contributed by atoms with Crippen molar-refractivity contribution in [2.45, 2.75) is 264 Å². The summed E-state index contributed by atoms with van der Waals surface area (Å²) in [6, 6.07) is -0.695. The van der Waals surface area contributed by atoms with E-state index >= 15 is 0 Å². The molecule has 52 heavy (non-hydrogen) atoms. The molecule has 0 heterocycles. The summed E-state index contributed by atoms with van der Waals surface area (Å²) in [5.41, 5.74) is 0. The zero-order chi connectivity index (χ0) is 38.2. The maximum Gasteiger partial charge on any atom is 0.306 e. The summed E-state index contributed by atoms with van der Waals surface area (Å²) in [5.74, 6) is -0.484. The van der Waals surface area contributed by atoms with E-state index in [1.165, 1.54) is 148 Å². The first-order valence-corrected chi connectivity index (χ1v) is 22.9. The second-order valence-electron chi connectivity index (χ2n) is 15.8. The van der Waals surface area contributed by atoms with E-state index in [1.807, 2.05) is 0 Å². The highest BCUT2D eigenvalue weighted by Gasteiger charge is 2.24. The fourth-order valence-corrected chi connectivity index (χ4v) is 7.07. The number of aliphatic hydroxyl groups excluding tert-OH is 2. The van der Waals surface area contributed by atoms with Crippen LogP contribution in [0.4, 0.5) is 0 Å². The van der Waals surface area contributed by atoms with Gasteiger partial charge >= 0.3 is 5.97 Å². The summed E-state index contributed by atoms with van der Waals surface area (Å²) in [4.78, 5) is 25.9. The topological polar surface area (TPSA) is 95.9 Å². The number of esters is 1. The van der Waals surface area contributed by atoms with Gasteiger partial charge in [-0.05, 0) is 51.4 Å². The SMILES string of the molecule is CCCCCCCC/C=C\CCCCCC(=O)OC(CCCCCCCCCCCC)CC(=O)NC(CO)C(O)CCCCCCCCCCCC. The molecule has 0 saturated carbocycles. The van der Waals surface area contributed by atoms with Crippen LogP contribution in [0.5, 0.6) is 0 Å². The number of carbonyl (C=O) groups excluding carboxylic acids is 2. The third-order valence-electron chi connectivity index (χ3n) is 10.6. The van der Waals surface area contributed by atoms with Crippen LogP contribution in [0.1, 0.15) is 245 Å². The van der Waals surface area contributed by atoms with Crippen molar-refractivity contribution >= 4 is 11.9 Å². The number of hydrogen-bond acceptors (Lipinski definition) is 5. The minimum absolute atomic E-state index is 0.0774. The third-order valence-corrected chi connectivity index (χ3v) is 10.6. The van der Waals surface area contributed by atoms with Crippen molar-refractivity contribution in [1.82, 2.24) is 5.32 Å². The number of amides is 1. The van der Waals surface area contributed by atoms with Crippen molar-refractivity contribution in [3.63, 3.8) is 0 Å². The van der Waals surface area contributed by atoms with Crippen molar-refractivity contribution in [2.24, 2.45) is 0 Å². The Kier molecular flexibility index (Phi) is 39.7. The van der Waals surface area contributed by atoms with Crippen LogP contribution in [0.15, 0.2) is 12.2 Å². The molecular formula is C46H89NO5. The fourth-order valence-electron chi connectivity index (χ4n) is 7.07. The standard InChI is InChI=1S/C46H89NO5/c1-4-7-10-13-16-19-22-23-24-27-30-33-36-39-46(51)52-42(37-34-31-28-25-20-17-14-11-8-5-2)40-45(50)47-43(41-48)44(49)38-35-32-29-26-21-18-15-12-9-6-3/h23-24,42-44,48-49H,4-22,25-41H2,1-3H3,(H,47,50)/b24-23-. The number of rotatable bonds is 41. The first-order valence-electron chi connectivity index (χ1n) is 22.9. The monoisotopic (exact) mass is 736 g/mol. The van der Waals surface area contributed by atoms with Crippen molar-refractivity contribution in [1.29, 1.82) is 0 Å². The molecule has 0 aliphatic heterocycles. The number of allylic oxidation sites excluding steroid dienone is 2. The Hall–Kier alpha value is -1.40. The fraction of sp³-hybridized carbons (Fsp3) is 0.913. The van der Waals surface area contributed by atoms with E-state index in [1.54, 1.807) is 0 Å². The van der Waals surface area contributed by atoms with Crippen LogP contribution in [0, 0.1) is 0 Å². The Bertz CT molecular complexity index is 787. The average Bonchev–Trinajstić information content (AvgIpc) is 3.13. The first-order chi connectivity index (χ1) is 25.5. The zero-order valence-electron chi connectivity index (χ0n) is 35.0. The predicted molar refractivity (Wildman–Crippen MR) is 223 cm³/mol. The molecule has 6 heteroatoms. The van der Waals surface area contributed by atoms with Gasteiger partial charge in [-0.15, -0.1) is 0 Å². The summed E-state index contributed by atoms with van der Waals surface area (Å²) in [5, 5.41) is 23.6. The molecule has 1 amide bonds. The molecule has 0 spiro atoms. The van der Waals surface area contributed by atoms with Crippen LogP contribution < -0.4 is 5.32 Å². The lowest BCUT2D eigenvalue weighted by Crippen LogP contribution is -2.46. The van der Waals surface area contributed by atoms with Gasteiger partial charge < -0.3 is 20.3 Å². The number of unbranched alkanes of at least 4 members (excludes halogenated alkanes) is 27. The van der Waals surface area contributed by atoms with Crippen molar-refractivity contribution in [3.8, 4) is 0 Å². The molecule has 0 rings (SSSR count). The van der Waals surface area contributed by atoms with E-state index in [0.29, 0.717) is 19.3 Å². The molecule has 3 unspecified atom stereocenters. The quantitative estimate of drug-likeness (QED) is 0.0330. The van der Waals surface area contributed by atoms with Crippen molar-refractivity contribution in [2.75, 3.05) is 6.61 Å². The molecule has 0 aromatic rings. The lowest BCUT2D eigenvalue weighted by molar-refractivity contribution is -0.151. The van der Waals surface area contributed by atoms with E-state index in [-0.39, 0.29) is 24.9 Å². The summed E-state index contributed by atoms with van der Waals surface area (Å²) >= 11 is 0. The van der Waals surface area contributed by atoms with Gasteiger partial charge in [-0.3, -0.25) is 9.59 Å². The largest absolute Gasteiger partial charge is 0.462 e. The maximum absolute atomic E-state index is 13.1. The van der Waals surface area contributed by atoms with Gasteiger partial charge in [0.15, 0.2) is 0 Å². The molecule has 6 nitrogen and oxygen atoms in total. The van der Waals surface area contributed by atoms with Gasteiger partial charge in [-0.2, -0.15) is 0 Å². The van der Waals surface area contributed by atoms with Crippen LogP contribution in [0.25, 0.3) is 0 Å². The number of carbonyl (C=O) groups is 2. The van der Waals surface area contributed by atoms with Gasteiger partial charge in [0.05, 0.1) is 25.2 Å². The van der Waals surface area contributed by atoms with Crippen molar-refractivity contribution in [3.05, 3.63) is 12.2 Å². The molecule has 0 aromatic heterocycles. The van der Waals surface area contributed by atoms with E-state index in [2.05, 4.69) is 38.2 Å². The Morgan fingerprint density at radius 2 is 0.923 bits per heavy atom. The van der Waals surface area contributed by atoms with Crippen LogP contribution in [0.2, 0.25) is 0 Å². The highest BCUT2D eigenvalue weighted by molar-refractivity contribution is 5.77. The van der Waals surface area contributed by atoms with Crippen LogP contribution in [0.3, 0.4) is 0 Å². The second kappa shape index (κ2) is 40.8. The van der Waals surface area contributed by atoms with Gasteiger partial charge in [0, 0.05) is 6.42 Å². The van der Waals surface area contributed by atoms with E-state index < -0.39 is 18.2 Å². The summed E-state index contributed by atoms with van der Waals surface area (Å²) < 4.78 is 5.89. The van der Waals surface area contributed by atoms with Crippen LogP contribution in [-0.4, -0.2) is 46.9 Å². The molecular weight excluding hydrogens is 647 g/mol. The Morgan fingerprint density at radius 1 is 0.538 bits per heavy atom. The van der Waals surface area contributed by atoms with Crippen LogP contribution in [-0.2, 0) is 14.3 Å². The minimum Gasteiger partial charge on any atom is -0.462 e. The van der Waals surface area contributed by atoms with Gasteiger partial charge in [0.2, 0.25) is 5.91 Å². The molecule has 0 saturated heterocycles. The second-order valence-corrected chi connectivity index (χ2v) is 15.8. The Labute approximate surface area is 323 Å². The molecule has 0 fully saturated rings. The molecule has 0 aliphatic rings.